The van der Waals surface area contributed by atoms with Crippen LogP contribution in [-0.2, 0) is 14.8 Å². The first-order valence-corrected chi connectivity index (χ1v) is 11.0. The Hall–Kier alpha value is -2.26. The van der Waals surface area contributed by atoms with Crippen molar-refractivity contribution in [1.29, 1.82) is 0 Å². The molecule has 0 unspecified atom stereocenters. The van der Waals surface area contributed by atoms with Gasteiger partial charge >= 0.3 is 0 Å². The molecule has 1 N–H and O–H groups in total. The van der Waals surface area contributed by atoms with E-state index in [1.165, 1.54) is 31.3 Å². The van der Waals surface area contributed by atoms with Crippen molar-refractivity contribution in [3.05, 3.63) is 63.9 Å². The lowest BCUT2D eigenvalue weighted by Gasteiger charge is -2.17. The Morgan fingerprint density at radius 3 is 2.57 bits per heavy atom. The predicted octanol–water partition coefficient (Wildman–Crippen LogP) is 4.03. The Labute approximate surface area is 172 Å². The van der Waals surface area contributed by atoms with Gasteiger partial charge in [-0.3, -0.25) is 4.79 Å². The van der Waals surface area contributed by atoms with Crippen LogP contribution in [-0.4, -0.2) is 37.2 Å². The minimum absolute atomic E-state index is 0.0769. The van der Waals surface area contributed by atoms with E-state index in [0.717, 1.165) is 20.6 Å². The Bertz CT molecular complexity index is 1100. The molecule has 0 spiro atoms. The normalized spacial score (nSPS) is 11.6. The van der Waals surface area contributed by atoms with Crippen molar-refractivity contribution in [2.75, 3.05) is 18.9 Å². The van der Waals surface area contributed by atoms with Crippen LogP contribution in [0.2, 0.25) is 5.02 Å². The van der Waals surface area contributed by atoms with Crippen LogP contribution in [0.25, 0.3) is 11.3 Å². The van der Waals surface area contributed by atoms with Gasteiger partial charge in [0, 0.05) is 28.7 Å². The Kier molecular flexibility index (Phi) is 6.14. The van der Waals surface area contributed by atoms with E-state index in [-0.39, 0.29) is 11.4 Å². The van der Waals surface area contributed by atoms with Crippen LogP contribution >= 0.6 is 22.9 Å². The average Bonchev–Trinajstić information content (AvgIpc) is 3.08. The van der Waals surface area contributed by atoms with Crippen LogP contribution in [0.1, 0.15) is 5.01 Å². The lowest BCUT2D eigenvalue weighted by molar-refractivity contribution is -0.116. The number of halogens is 1. The van der Waals surface area contributed by atoms with Crippen LogP contribution < -0.4 is 5.32 Å². The number of nitrogens with one attached hydrogen (secondary N) is 1. The molecule has 0 atom stereocenters. The molecule has 0 bridgehead atoms. The second kappa shape index (κ2) is 8.40. The highest BCUT2D eigenvalue weighted by Gasteiger charge is 2.23. The molecule has 2 aromatic carbocycles. The van der Waals surface area contributed by atoms with E-state index in [2.05, 4.69) is 10.3 Å². The summed E-state index contributed by atoms with van der Waals surface area (Å²) < 4.78 is 26.1. The van der Waals surface area contributed by atoms with Crippen molar-refractivity contribution in [2.45, 2.75) is 11.8 Å². The minimum Gasteiger partial charge on any atom is -0.325 e. The van der Waals surface area contributed by atoms with Gasteiger partial charge in [-0.05, 0) is 43.3 Å². The first kappa shape index (κ1) is 20.5. The molecule has 0 saturated heterocycles. The number of hydrogen-bond donors (Lipinski definition) is 1. The molecular formula is C19H18ClN3O3S2. The number of hydrogen-bond acceptors (Lipinski definition) is 5. The molecule has 1 amide bonds. The van der Waals surface area contributed by atoms with Crippen molar-refractivity contribution in [1.82, 2.24) is 9.29 Å². The number of thiazole rings is 1. The van der Waals surface area contributed by atoms with Crippen LogP contribution in [0, 0.1) is 6.92 Å². The number of rotatable bonds is 6. The monoisotopic (exact) mass is 435 g/mol. The number of nitrogens with zero attached hydrogens (tertiary/aromatic N) is 2. The third-order valence-electron chi connectivity index (χ3n) is 3.95. The largest absolute Gasteiger partial charge is 0.325 e. The summed E-state index contributed by atoms with van der Waals surface area (Å²) in [6, 6.07) is 13.1. The second-order valence-corrected chi connectivity index (χ2v) is 9.64. The number of carbonyl (C=O) groups is 1. The summed E-state index contributed by atoms with van der Waals surface area (Å²) in [5, 5.41) is 6.08. The zero-order valence-electron chi connectivity index (χ0n) is 15.2. The maximum Gasteiger partial charge on any atom is 0.243 e. The third kappa shape index (κ3) is 4.77. The molecule has 1 aromatic heterocycles. The van der Waals surface area contributed by atoms with Crippen molar-refractivity contribution >= 4 is 44.6 Å². The Morgan fingerprint density at radius 2 is 1.93 bits per heavy atom. The molecule has 0 aliphatic carbocycles. The second-order valence-electron chi connectivity index (χ2n) is 6.10. The maximum absolute atomic E-state index is 12.6. The first-order valence-electron chi connectivity index (χ1n) is 8.30. The lowest BCUT2D eigenvalue weighted by Crippen LogP contribution is -2.34. The molecule has 28 heavy (non-hydrogen) atoms. The molecular weight excluding hydrogens is 418 g/mol. The molecule has 0 radical (unpaired) electrons. The van der Waals surface area contributed by atoms with Gasteiger partial charge in [0.25, 0.3) is 0 Å². The van der Waals surface area contributed by atoms with Crippen LogP contribution in [0.15, 0.2) is 58.8 Å². The average molecular weight is 436 g/mol. The highest BCUT2D eigenvalue weighted by atomic mass is 35.5. The van der Waals surface area contributed by atoms with Gasteiger partial charge < -0.3 is 5.32 Å². The number of benzene rings is 2. The molecule has 3 rings (SSSR count). The highest BCUT2D eigenvalue weighted by Crippen LogP contribution is 2.24. The molecule has 9 heteroatoms. The van der Waals surface area contributed by atoms with E-state index < -0.39 is 15.9 Å². The van der Waals surface area contributed by atoms with E-state index >= 15 is 0 Å². The van der Waals surface area contributed by atoms with Gasteiger partial charge in [-0.25, -0.2) is 13.4 Å². The molecule has 3 aromatic rings. The molecule has 0 aliphatic rings. The van der Waals surface area contributed by atoms with Crippen LogP contribution in [0.4, 0.5) is 5.69 Å². The highest BCUT2D eigenvalue weighted by molar-refractivity contribution is 7.89. The van der Waals surface area contributed by atoms with Crippen LogP contribution in [0.5, 0.6) is 0 Å². The molecule has 6 nitrogen and oxygen atoms in total. The summed E-state index contributed by atoms with van der Waals surface area (Å²) in [6.07, 6.45) is 0. The van der Waals surface area contributed by atoms with Gasteiger partial charge in [0.15, 0.2) is 0 Å². The number of aromatic nitrogens is 1. The molecule has 0 saturated carbocycles. The molecule has 0 fully saturated rings. The van der Waals surface area contributed by atoms with Gasteiger partial charge in [-0.15, -0.1) is 11.3 Å². The van der Waals surface area contributed by atoms with E-state index in [1.54, 1.807) is 23.5 Å². The van der Waals surface area contributed by atoms with Crippen molar-refractivity contribution in [3.8, 4) is 11.3 Å². The van der Waals surface area contributed by atoms with Crippen molar-refractivity contribution in [2.24, 2.45) is 0 Å². The minimum atomic E-state index is -3.79. The topological polar surface area (TPSA) is 79.4 Å². The summed E-state index contributed by atoms with van der Waals surface area (Å²) in [6.45, 7) is 1.61. The van der Waals surface area contributed by atoms with E-state index in [4.69, 9.17) is 11.6 Å². The number of likely N-dealkylation sites (N-methyl/N-ethyl adjacent to an activating group) is 1. The van der Waals surface area contributed by atoms with E-state index in [0.29, 0.717) is 10.7 Å². The van der Waals surface area contributed by atoms with Crippen molar-refractivity contribution < 1.29 is 13.2 Å². The Morgan fingerprint density at radius 1 is 1.21 bits per heavy atom. The molecule has 1 heterocycles. The van der Waals surface area contributed by atoms with Crippen molar-refractivity contribution in [3.63, 3.8) is 0 Å². The SMILES string of the molecule is Cc1nc(-c2cccc(NC(=O)CN(C)S(=O)(=O)c3ccc(Cl)cc3)c2)cs1. The van der Waals surface area contributed by atoms with Crippen LogP contribution in [0.3, 0.4) is 0 Å². The Balaban J connectivity index is 1.69. The summed E-state index contributed by atoms with van der Waals surface area (Å²) in [7, 11) is -2.43. The fourth-order valence-corrected chi connectivity index (χ4v) is 4.40. The lowest BCUT2D eigenvalue weighted by atomic mass is 10.1. The number of aryl methyl sites for hydroxylation is 1. The fourth-order valence-electron chi connectivity index (χ4n) is 2.53. The van der Waals surface area contributed by atoms with Gasteiger partial charge in [-0.2, -0.15) is 4.31 Å². The summed E-state index contributed by atoms with van der Waals surface area (Å²) >= 11 is 7.35. The number of anilines is 1. The van der Waals surface area contributed by atoms with Gasteiger partial charge in [-0.1, -0.05) is 23.7 Å². The van der Waals surface area contributed by atoms with E-state index in [1.807, 2.05) is 24.4 Å². The van der Waals surface area contributed by atoms with Gasteiger partial charge in [0.2, 0.25) is 15.9 Å². The standard InChI is InChI=1S/C19H18ClN3O3S2/c1-13-21-18(12-27-13)14-4-3-5-16(10-14)22-19(24)11-23(2)28(25,26)17-8-6-15(20)7-9-17/h3-10,12H,11H2,1-2H3,(H,22,24). The zero-order valence-corrected chi connectivity index (χ0v) is 17.6. The number of amides is 1. The van der Waals surface area contributed by atoms with E-state index in [9.17, 15) is 13.2 Å². The van der Waals surface area contributed by atoms with Gasteiger partial charge in [0.1, 0.15) is 0 Å². The fraction of sp³-hybridized carbons (Fsp3) is 0.158. The first-order chi connectivity index (χ1) is 13.3. The van der Waals surface area contributed by atoms with Gasteiger partial charge in [0.05, 0.1) is 22.1 Å². The summed E-state index contributed by atoms with van der Waals surface area (Å²) in [5.41, 5.74) is 2.29. The quantitative estimate of drug-likeness (QED) is 0.633. The summed E-state index contributed by atoms with van der Waals surface area (Å²) in [5.74, 6) is -0.438. The maximum atomic E-state index is 12.6. The predicted molar refractivity (Wildman–Crippen MR) is 112 cm³/mol. The molecule has 146 valence electrons. The summed E-state index contributed by atoms with van der Waals surface area (Å²) in [4.78, 5) is 16.9. The number of carbonyl (C=O) groups excluding carboxylic acids is 1. The zero-order chi connectivity index (χ0) is 20.3. The molecule has 0 aliphatic heterocycles. The number of sulfonamides is 1. The smallest absolute Gasteiger partial charge is 0.243 e. The third-order valence-corrected chi connectivity index (χ3v) is 6.79.